The maximum absolute atomic E-state index is 6.41. The van der Waals surface area contributed by atoms with Gasteiger partial charge in [0.1, 0.15) is 19.2 Å². The van der Waals surface area contributed by atoms with E-state index in [-0.39, 0.29) is 0 Å². The van der Waals surface area contributed by atoms with Crippen LogP contribution in [-0.4, -0.2) is 8.07 Å². The molecule has 5 aromatic rings. The fraction of sp³-hybridized carbons (Fsp3) is 0.0400. The minimum Gasteiger partial charge on any atom is -0.456 e. The van der Waals surface area contributed by atoms with E-state index >= 15 is 0 Å². The van der Waals surface area contributed by atoms with Gasteiger partial charge in [-0.25, -0.2) is 0 Å². The number of hydrogen-bond donors (Lipinski definition) is 0. The van der Waals surface area contributed by atoms with Crippen molar-refractivity contribution in [2.75, 3.05) is 0 Å². The minimum absolute atomic E-state index is 0.956. The van der Waals surface area contributed by atoms with Crippen molar-refractivity contribution in [1.29, 1.82) is 0 Å². The zero-order valence-electron chi connectivity index (χ0n) is 15.2. The maximum Gasteiger partial charge on any atom is 0.150 e. The molecule has 0 N–H and O–H groups in total. The summed E-state index contributed by atoms with van der Waals surface area (Å²) >= 11 is 0. The van der Waals surface area contributed by atoms with E-state index in [0.29, 0.717) is 0 Å². The topological polar surface area (TPSA) is 13.1 Å². The van der Waals surface area contributed by atoms with Crippen molar-refractivity contribution >= 4 is 45.6 Å². The summed E-state index contributed by atoms with van der Waals surface area (Å²) in [5, 5.41) is 6.50. The first kappa shape index (κ1) is 16.1. The molecule has 1 heterocycles. The molecule has 1 aromatic heterocycles. The van der Waals surface area contributed by atoms with E-state index in [2.05, 4.69) is 104 Å². The van der Waals surface area contributed by atoms with Crippen LogP contribution in [-0.2, 0) is 0 Å². The monoisotopic (exact) mass is 364 g/mol. The van der Waals surface area contributed by atoms with Gasteiger partial charge in [-0.2, -0.15) is 0 Å². The quantitative estimate of drug-likeness (QED) is 0.334. The molecule has 0 amide bonds. The average Bonchev–Trinajstić information content (AvgIpc) is 3.13. The lowest BCUT2D eigenvalue weighted by atomic mass is 10.1. The Morgan fingerprint density at radius 1 is 0.556 bits per heavy atom. The van der Waals surface area contributed by atoms with Gasteiger partial charge in [0.15, 0.2) is 0 Å². The summed E-state index contributed by atoms with van der Waals surface area (Å²) in [6, 6.07) is 36.7. The summed E-state index contributed by atoms with van der Waals surface area (Å²) in [4.78, 5) is 0. The van der Waals surface area contributed by atoms with Gasteiger partial charge in [-0.15, -0.1) is 0 Å². The Hall–Kier alpha value is -3.10. The standard InChI is InChI=1S/C25H20OSi/c1-27(19-11-4-2-5-12-19,20-13-6-3-7-14-20)24-18-10-16-22-21-15-8-9-17-23(21)26-25(22)24/h2-18H,1H3. The molecule has 0 aliphatic heterocycles. The lowest BCUT2D eigenvalue weighted by Gasteiger charge is -2.29. The smallest absolute Gasteiger partial charge is 0.150 e. The largest absolute Gasteiger partial charge is 0.456 e. The lowest BCUT2D eigenvalue weighted by molar-refractivity contribution is 0.671. The normalized spacial score (nSPS) is 11.9. The van der Waals surface area contributed by atoms with E-state index in [9.17, 15) is 0 Å². The summed E-state index contributed by atoms with van der Waals surface area (Å²) < 4.78 is 6.41. The van der Waals surface area contributed by atoms with Gasteiger partial charge in [-0.1, -0.05) is 104 Å². The Morgan fingerprint density at radius 2 is 1.11 bits per heavy atom. The van der Waals surface area contributed by atoms with Crippen molar-refractivity contribution in [2.45, 2.75) is 6.55 Å². The number of benzene rings is 4. The van der Waals surface area contributed by atoms with Crippen LogP contribution in [0.2, 0.25) is 6.55 Å². The Kier molecular flexibility index (Phi) is 3.73. The zero-order valence-corrected chi connectivity index (χ0v) is 16.2. The summed E-state index contributed by atoms with van der Waals surface area (Å²) in [7, 11) is -2.20. The molecule has 0 saturated heterocycles. The number of furan rings is 1. The minimum atomic E-state index is -2.20. The van der Waals surface area contributed by atoms with Gasteiger partial charge in [0.2, 0.25) is 0 Å². The SMILES string of the molecule is C[Si](c1ccccc1)(c1ccccc1)c1cccc2c1oc1ccccc12. The summed E-state index contributed by atoms with van der Waals surface area (Å²) in [6.07, 6.45) is 0. The average molecular weight is 365 g/mol. The lowest BCUT2D eigenvalue weighted by Crippen LogP contribution is -2.64. The van der Waals surface area contributed by atoms with Crippen LogP contribution in [0.15, 0.2) is 108 Å². The molecular weight excluding hydrogens is 344 g/mol. The number of para-hydroxylation sites is 2. The molecule has 0 spiro atoms. The fourth-order valence-corrected chi connectivity index (χ4v) is 7.90. The van der Waals surface area contributed by atoms with Crippen molar-refractivity contribution in [3.8, 4) is 0 Å². The Morgan fingerprint density at radius 3 is 1.78 bits per heavy atom. The Balaban J connectivity index is 1.89. The number of rotatable bonds is 3. The highest BCUT2D eigenvalue weighted by Gasteiger charge is 2.36. The molecule has 0 aliphatic carbocycles. The van der Waals surface area contributed by atoms with E-state index in [4.69, 9.17) is 4.42 Å². The van der Waals surface area contributed by atoms with E-state index < -0.39 is 8.07 Å². The second-order valence-electron chi connectivity index (χ2n) is 7.14. The molecular formula is C25H20OSi. The molecule has 0 fully saturated rings. The van der Waals surface area contributed by atoms with Gasteiger partial charge in [0.05, 0.1) is 0 Å². The van der Waals surface area contributed by atoms with E-state index in [1.54, 1.807) is 0 Å². The van der Waals surface area contributed by atoms with Crippen molar-refractivity contribution in [3.05, 3.63) is 103 Å². The molecule has 0 aliphatic rings. The van der Waals surface area contributed by atoms with Gasteiger partial charge in [0, 0.05) is 10.8 Å². The molecule has 130 valence electrons. The van der Waals surface area contributed by atoms with Gasteiger partial charge in [0.25, 0.3) is 0 Å². The van der Waals surface area contributed by atoms with Crippen LogP contribution in [0.3, 0.4) is 0 Å². The Labute approximate surface area is 159 Å². The van der Waals surface area contributed by atoms with Gasteiger partial charge >= 0.3 is 0 Å². The number of hydrogen-bond acceptors (Lipinski definition) is 1. The van der Waals surface area contributed by atoms with Gasteiger partial charge < -0.3 is 4.42 Å². The highest BCUT2D eigenvalue weighted by molar-refractivity contribution is 7.11. The van der Waals surface area contributed by atoms with Crippen LogP contribution in [0.4, 0.5) is 0 Å². The highest BCUT2D eigenvalue weighted by atomic mass is 28.3. The van der Waals surface area contributed by atoms with Crippen LogP contribution < -0.4 is 15.6 Å². The van der Waals surface area contributed by atoms with E-state index in [0.717, 1.165) is 11.2 Å². The molecule has 1 nitrogen and oxygen atoms in total. The van der Waals surface area contributed by atoms with Crippen LogP contribution in [0.1, 0.15) is 0 Å². The molecule has 27 heavy (non-hydrogen) atoms. The summed E-state index contributed by atoms with van der Waals surface area (Å²) in [5.41, 5.74) is 1.98. The molecule has 5 rings (SSSR count). The first-order chi connectivity index (χ1) is 13.3. The van der Waals surface area contributed by atoms with E-state index in [1.807, 2.05) is 6.07 Å². The van der Waals surface area contributed by atoms with E-state index in [1.165, 1.54) is 26.3 Å². The zero-order chi connectivity index (χ0) is 18.3. The second kappa shape index (κ2) is 6.25. The third kappa shape index (κ3) is 2.45. The van der Waals surface area contributed by atoms with Gasteiger partial charge in [-0.05, 0) is 21.6 Å². The van der Waals surface area contributed by atoms with Crippen molar-refractivity contribution in [1.82, 2.24) is 0 Å². The Bertz CT molecular complexity index is 1180. The van der Waals surface area contributed by atoms with Crippen molar-refractivity contribution < 1.29 is 4.42 Å². The predicted octanol–water partition coefficient (Wildman–Crippen LogP) is 4.69. The molecule has 0 radical (unpaired) electrons. The van der Waals surface area contributed by atoms with Crippen LogP contribution in [0.5, 0.6) is 0 Å². The molecule has 0 unspecified atom stereocenters. The van der Waals surface area contributed by atoms with Crippen LogP contribution >= 0.6 is 0 Å². The molecule has 0 saturated carbocycles. The molecule has 2 heteroatoms. The number of fused-ring (bicyclic) bond motifs is 3. The van der Waals surface area contributed by atoms with Crippen LogP contribution in [0.25, 0.3) is 21.9 Å². The maximum atomic E-state index is 6.41. The van der Waals surface area contributed by atoms with Crippen molar-refractivity contribution in [3.63, 3.8) is 0 Å². The third-order valence-corrected chi connectivity index (χ3v) is 10.1. The molecule has 4 aromatic carbocycles. The van der Waals surface area contributed by atoms with Crippen LogP contribution in [0, 0.1) is 0 Å². The summed E-state index contributed by atoms with van der Waals surface area (Å²) in [6.45, 7) is 2.43. The highest BCUT2D eigenvalue weighted by Crippen LogP contribution is 2.28. The predicted molar refractivity (Wildman–Crippen MR) is 117 cm³/mol. The van der Waals surface area contributed by atoms with Crippen molar-refractivity contribution in [2.24, 2.45) is 0 Å². The first-order valence-electron chi connectivity index (χ1n) is 9.30. The first-order valence-corrected chi connectivity index (χ1v) is 11.8. The van der Waals surface area contributed by atoms with Gasteiger partial charge in [-0.3, -0.25) is 0 Å². The second-order valence-corrected chi connectivity index (χ2v) is 11.1. The molecule has 0 bridgehead atoms. The summed E-state index contributed by atoms with van der Waals surface area (Å²) in [5.74, 6) is 0. The third-order valence-electron chi connectivity index (χ3n) is 5.65. The fourth-order valence-electron chi connectivity index (χ4n) is 4.16. The molecule has 0 atom stereocenters.